The summed E-state index contributed by atoms with van der Waals surface area (Å²) in [4.78, 5) is 14.4. The molecule has 0 aliphatic rings. The molecule has 1 aromatic heterocycles. The summed E-state index contributed by atoms with van der Waals surface area (Å²) in [5, 5.41) is 10.5. The zero-order chi connectivity index (χ0) is 13.4. The van der Waals surface area contributed by atoms with E-state index in [9.17, 15) is 4.79 Å². The number of aliphatic hydroxyl groups is 1. The van der Waals surface area contributed by atoms with Crippen LogP contribution in [-0.2, 0) is 4.74 Å². The van der Waals surface area contributed by atoms with E-state index < -0.39 is 0 Å². The largest absolute Gasteiger partial charge is 0.384 e. The minimum atomic E-state index is -0.205. The molecule has 1 amide bonds. The summed E-state index contributed by atoms with van der Waals surface area (Å²) in [7, 11) is 1.74. The molecule has 4 nitrogen and oxygen atoms in total. The van der Waals surface area contributed by atoms with Gasteiger partial charge in [-0.05, 0) is 18.4 Å². The normalized spacial score (nSPS) is 9.72. The van der Waals surface area contributed by atoms with E-state index >= 15 is 0 Å². The average Bonchev–Trinajstić information content (AvgIpc) is 2.83. The molecule has 0 aromatic carbocycles. The topological polar surface area (TPSA) is 49.8 Å². The van der Waals surface area contributed by atoms with E-state index in [1.54, 1.807) is 18.0 Å². The predicted octanol–water partition coefficient (Wildman–Crippen LogP) is 1.20. The number of likely N-dealkylation sites (N-methyl/N-ethyl adjacent to an activating group) is 1. The van der Waals surface area contributed by atoms with Gasteiger partial charge in [-0.1, -0.05) is 11.8 Å². The van der Waals surface area contributed by atoms with Gasteiger partial charge in [0.05, 0.1) is 6.61 Å². The fourth-order valence-corrected chi connectivity index (χ4v) is 2.17. The van der Waals surface area contributed by atoms with Gasteiger partial charge in [0.2, 0.25) is 0 Å². The molecule has 18 heavy (non-hydrogen) atoms. The van der Waals surface area contributed by atoms with E-state index in [2.05, 4.69) is 11.8 Å². The van der Waals surface area contributed by atoms with Gasteiger partial charge in [0.25, 0.3) is 5.91 Å². The van der Waals surface area contributed by atoms with Gasteiger partial charge in [-0.25, -0.2) is 0 Å². The lowest BCUT2D eigenvalue weighted by Gasteiger charge is -2.16. The van der Waals surface area contributed by atoms with Crippen LogP contribution < -0.4 is 0 Å². The first-order valence-electron chi connectivity index (χ1n) is 5.71. The Morgan fingerprint density at radius 2 is 2.39 bits per heavy atom. The highest BCUT2D eigenvalue weighted by molar-refractivity contribution is 7.12. The molecule has 1 N–H and O–H groups in total. The van der Waals surface area contributed by atoms with Gasteiger partial charge in [0.15, 0.2) is 0 Å². The molecule has 0 unspecified atom stereocenters. The molecule has 0 bridgehead atoms. The first-order chi connectivity index (χ1) is 8.70. The zero-order valence-corrected chi connectivity index (χ0v) is 11.4. The minimum Gasteiger partial charge on any atom is -0.384 e. The summed E-state index contributed by atoms with van der Waals surface area (Å²) in [6, 6.07) is 1.79. The molecule has 1 heterocycles. The Labute approximate surface area is 111 Å². The number of nitrogens with zero attached hydrogens (tertiary/aromatic N) is 1. The highest BCUT2D eigenvalue weighted by Crippen LogP contribution is 2.17. The van der Waals surface area contributed by atoms with Crippen molar-refractivity contribution in [1.82, 2.24) is 4.90 Å². The standard InChI is InChI=1S/C13H17NO3S/c1-3-17-9-7-14(2)13(16)12-11(5-4-8-15)6-10-18-12/h6,10,15H,3,7-9H2,1-2H3. The quantitative estimate of drug-likeness (QED) is 0.644. The molecule has 1 aromatic rings. The predicted molar refractivity (Wildman–Crippen MR) is 71.7 cm³/mol. The summed E-state index contributed by atoms with van der Waals surface area (Å²) >= 11 is 1.36. The molecule has 0 atom stereocenters. The van der Waals surface area contributed by atoms with Crippen molar-refractivity contribution in [3.8, 4) is 11.8 Å². The molecule has 0 spiro atoms. The molecule has 5 heteroatoms. The van der Waals surface area contributed by atoms with Crippen LogP contribution in [0, 0.1) is 11.8 Å². The minimum absolute atomic E-state index is 0.0630. The van der Waals surface area contributed by atoms with Crippen LogP contribution in [0.1, 0.15) is 22.2 Å². The van der Waals surface area contributed by atoms with Gasteiger partial charge in [-0.15, -0.1) is 11.3 Å². The maximum atomic E-state index is 12.1. The third-order valence-electron chi connectivity index (χ3n) is 2.28. The van der Waals surface area contributed by atoms with Crippen LogP contribution in [0.4, 0.5) is 0 Å². The number of thiophene rings is 1. The number of amides is 1. The smallest absolute Gasteiger partial charge is 0.265 e. The van der Waals surface area contributed by atoms with Crippen LogP contribution in [0.3, 0.4) is 0 Å². The van der Waals surface area contributed by atoms with Gasteiger partial charge in [0.1, 0.15) is 11.5 Å². The molecule has 0 aliphatic carbocycles. The van der Waals surface area contributed by atoms with Crippen LogP contribution in [0.25, 0.3) is 0 Å². The second-order valence-corrected chi connectivity index (χ2v) is 4.46. The average molecular weight is 267 g/mol. The van der Waals surface area contributed by atoms with Gasteiger partial charge in [-0.3, -0.25) is 4.79 Å². The van der Waals surface area contributed by atoms with Crippen LogP contribution in [-0.4, -0.2) is 49.3 Å². The number of hydrogen-bond donors (Lipinski definition) is 1. The first-order valence-corrected chi connectivity index (χ1v) is 6.59. The molecular weight excluding hydrogens is 250 g/mol. The van der Waals surface area contributed by atoms with E-state index in [0.29, 0.717) is 30.2 Å². The fraction of sp³-hybridized carbons (Fsp3) is 0.462. The van der Waals surface area contributed by atoms with Crippen molar-refractivity contribution in [2.45, 2.75) is 6.92 Å². The second-order valence-electron chi connectivity index (χ2n) is 3.55. The van der Waals surface area contributed by atoms with E-state index in [0.717, 1.165) is 0 Å². The maximum Gasteiger partial charge on any atom is 0.265 e. The number of carbonyl (C=O) groups excluding carboxylic acids is 1. The van der Waals surface area contributed by atoms with Crippen molar-refractivity contribution in [1.29, 1.82) is 0 Å². The maximum absolute atomic E-state index is 12.1. The number of ether oxygens (including phenoxy) is 1. The monoisotopic (exact) mass is 267 g/mol. The van der Waals surface area contributed by atoms with Crippen molar-refractivity contribution < 1.29 is 14.6 Å². The van der Waals surface area contributed by atoms with Crippen molar-refractivity contribution in [3.63, 3.8) is 0 Å². The number of hydrogen-bond acceptors (Lipinski definition) is 4. The summed E-state index contributed by atoms with van der Waals surface area (Å²) in [6.07, 6.45) is 0. The molecule has 98 valence electrons. The van der Waals surface area contributed by atoms with E-state index in [-0.39, 0.29) is 12.5 Å². The van der Waals surface area contributed by atoms with Gasteiger partial charge in [0, 0.05) is 25.8 Å². The van der Waals surface area contributed by atoms with Gasteiger partial charge < -0.3 is 14.7 Å². The number of aliphatic hydroxyl groups excluding tert-OH is 1. The second kappa shape index (κ2) is 7.88. The van der Waals surface area contributed by atoms with E-state index in [1.807, 2.05) is 12.3 Å². The van der Waals surface area contributed by atoms with E-state index in [1.165, 1.54) is 11.3 Å². The van der Waals surface area contributed by atoms with Crippen molar-refractivity contribution in [3.05, 3.63) is 21.9 Å². The zero-order valence-electron chi connectivity index (χ0n) is 10.6. The van der Waals surface area contributed by atoms with Gasteiger partial charge in [-0.2, -0.15) is 0 Å². The van der Waals surface area contributed by atoms with E-state index in [4.69, 9.17) is 9.84 Å². The lowest BCUT2D eigenvalue weighted by atomic mass is 10.2. The number of rotatable bonds is 5. The Bertz CT molecular complexity index is 445. The lowest BCUT2D eigenvalue weighted by molar-refractivity contribution is 0.0714. The Morgan fingerprint density at radius 3 is 3.06 bits per heavy atom. The molecule has 0 saturated carbocycles. The molecule has 0 aliphatic heterocycles. The SMILES string of the molecule is CCOCCN(C)C(=O)c1sccc1C#CCO. The van der Waals surface area contributed by atoms with Gasteiger partial charge >= 0.3 is 0 Å². The van der Waals surface area contributed by atoms with Crippen molar-refractivity contribution >= 4 is 17.2 Å². The molecule has 0 fully saturated rings. The lowest BCUT2D eigenvalue weighted by Crippen LogP contribution is -2.30. The summed E-state index contributed by atoms with van der Waals surface area (Å²) < 4.78 is 5.22. The highest BCUT2D eigenvalue weighted by Gasteiger charge is 2.16. The molecule has 1 rings (SSSR count). The Kier molecular flexibility index (Phi) is 6.44. The molecular formula is C13H17NO3S. The fourth-order valence-electron chi connectivity index (χ4n) is 1.33. The molecule has 0 radical (unpaired) electrons. The van der Waals surface area contributed by atoms with Crippen LogP contribution in [0.5, 0.6) is 0 Å². The van der Waals surface area contributed by atoms with Crippen molar-refractivity contribution in [2.24, 2.45) is 0 Å². The van der Waals surface area contributed by atoms with Crippen LogP contribution in [0.15, 0.2) is 11.4 Å². The highest BCUT2D eigenvalue weighted by atomic mass is 32.1. The Hall–Kier alpha value is -1.35. The summed E-state index contributed by atoms with van der Waals surface area (Å²) in [6.45, 7) is 3.45. The number of carbonyl (C=O) groups is 1. The summed E-state index contributed by atoms with van der Waals surface area (Å²) in [5.74, 6) is 5.27. The van der Waals surface area contributed by atoms with Crippen LogP contribution >= 0.6 is 11.3 Å². The first kappa shape index (κ1) is 14.7. The third kappa shape index (κ3) is 4.15. The Morgan fingerprint density at radius 1 is 1.61 bits per heavy atom. The van der Waals surface area contributed by atoms with Crippen LogP contribution in [0.2, 0.25) is 0 Å². The Balaban J connectivity index is 2.68. The summed E-state index contributed by atoms with van der Waals surface area (Å²) in [5.41, 5.74) is 0.669. The third-order valence-corrected chi connectivity index (χ3v) is 3.19. The van der Waals surface area contributed by atoms with Crippen molar-refractivity contribution in [2.75, 3.05) is 33.4 Å². The molecule has 0 saturated heterocycles.